The number of rotatable bonds is 4. The SMILES string of the molecule is CSCC(C)NC(=O)c1cccc(Br)c1. The van der Waals surface area contributed by atoms with E-state index >= 15 is 0 Å². The van der Waals surface area contributed by atoms with E-state index in [4.69, 9.17) is 0 Å². The average molecular weight is 288 g/mol. The highest BCUT2D eigenvalue weighted by Gasteiger charge is 2.08. The smallest absolute Gasteiger partial charge is 0.251 e. The quantitative estimate of drug-likeness (QED) is 0.923. The number of thioether (sulfide) groups is 1. The molecule has 1 N–H and O–H groups in total. The highest BCUT2D eigenvalue weighted by atomic mass is 79.9. The first-order chi connectivity index (χ1) is 7.13. The first kappa shape index (κ1) is 12.6. The lowest BCUT2D eigenvalue weighted by molar-refractivity contribution is 0.0943. The van der Waals surface area contributed by atoms with Gasteiger partial charge in [0.25, 0.3) is 5.91 Å². The van der Waals surface area contributed by atoms with Crippen molar-refractivity contribution in [1.29, 1.82) is 0 Å². The Kier molecular flexibility index (Phi) is 5.19. The molecule has 0 saturated carbocycles. The average Bonchev–Trinajstić information content (AvgIpc) is 2.18. The fraction of sp³-hybridized carbons (Fsp3) is 0.364. The molecule has 1 atom stereocenters. The molecular formula is C11H14BrNOS. The molecule has 1 unspecified atom stereocenters. The second kappa shape index (κ2) is 6.18. The van der Waals surface area contributed by atoms with Gasteiger partial charge < -0.3 is 5.32 Å². The summed E-state index contributed by atoms with van der Waals surface area (Å²) in [5.41, 5.74) is 0.692. The summed E-state index contributed by atoms with van der Waals surface area (Å²) in [5.74, 6) is 0.914. The predicted octanol–water partition coefficient (Wildman–Crippen LogP) is 2.93. The van der Waals surface area contributed by atoms with Crippen molar-refractivity contribution < 1.29 is 4.79 Å². The third-order valence-electron chi connectivity index (χ3n) is 1.88. The molecule has 82 valence electrons. The Bertz CT molecular complexity index is 343. The third-order valence-corrected chi connectivity index (χ3v) is 3.21. The molecule has 1 aromatic rings. The molecule has 0 aromatic heterocycles. The Morgan fingerprint density at radius 1 is 1.60 bits per heavy atom. The van der Waals surface area contributed by atoms with Gasteiger partial charge in [0.1, 0.15) is 0 Å². The molecule has 0 heterocycles. The van der Waals surface area contributed by atoms with Crippen LogP contribution in [0.5, 0.6) is 0 Å². The number of hydrogen-bond acceptors (Lipinski definition) is 2. The molecule has 0 radical (unpaired) electrons. The van der Waals surface area contributed by atoms with Crippen LogP contribution in [0.25, 0.3) is 0 Å². The van der Waals surface area contributed by atoms with E-state index in [2.05, 4.69) is 21.2 Å². The van der Waals surface area contributed by atoms with Crippen LogP contribution in [0.15, 0.2) is 28.7 Å². The number of benzene rings is 1. The second-order valence-electron chi connectivity index (χ2n) is 3.34. The normalized spacial score (nSPS) is 12.2. The highest BCUT2D eigenvalue weighted by molar-refractivity contribution is 9.10. The maximum absolute atomic E-state index is 11.7. The Balaban J connectivity index is 2.61. The zero-order valence-electron chi connectivity index (χ0n) is 8.79. The van der Waals surface area contributed by atoms with Gasteiger partial charge in [0.05, 0.1) is 0 Å². The summed E-state index contributed by atoms with van der Waals surface area (Å²) in [5, 5.41) is 2.94. The van der Waals surface area contributed by atoms with E-state index in [1.54, 1.807) is 11.8 Å². The van der Waals surface area contributed by atoms with Gasteiger partial charge in [-0.3, -0.25) is 4.79 Å². The van der Waals surface area contributed by atoms with E-state index in [0.717, 1.165) is 10.2 Å². The summed E-state index contributed by atoms with van der Waals surface area (Å²) in [6.07, 6.45) is 2.03. The number of carbonyl (C=O) groups is 1. The van der Waals surface area contributed by atoms with E-state index in [-0.39, 0.29) is 11.9 Å². The van der Waals surface area contributed by atoms with E-state index < -0.39 is 0 Å². The Labute approximate surface area is 103 Å². The summed E-state index contributed by atoms with van der Waals surface area (Å²) in [7, 11) is 0. The van der Waals surface area contributed by atoms with Crippen LogP contribution < -0.4 is 5.32 Å². The molecule has 15 heavy (non-hydrogen) atoms. The van der Waals surface area contributed by atoms with Gasteiger partial charge in [-0.1, -0.05) is 22.0 Å². The van der Waals surface area contributed by atoms with Gasteiger partial charge in [0.2, 0.25) is 0 Å². The van der Waals surface area contributed by atoms with Crippen LogP contribution >= 0.6 is 27.7 Å². The van der Waals surface area contributed by atoms with Crippen molar-refractivity contribution in [3.63, 3.8) is 0 Å². The summed E-state index contributed by atoms with van der Waals surface area (Å²) in [6, 6.07) is 7.60. The van der Waals surface area contributed by atoms with E-state index in [9.17, 15) is 4.79 Å². The minimum absolute atomic E-state index is 0.0159. The molecular weight excluding hydrogens is 274 g/mol. The van der Waals surface area contributed by atoms with Crippen molar-refractivity contribution in [2.75, 3.05) is 12.0 Å². The summed E-state index contributed by atoms with van der Waals surface area (Å²) in [4.78, 5) is 11.7. The van der Waals surface area contributed by atoms with Gasteiger partial charge in [0.15, 0.2) is 0 Å². The third kappa shape index (κ3) is 4.26. The van der Waals surface area contributed by atoms with Crippen molar-refractivity contribution in [2.45, 2.75) is 13.0 Å². The van der Waals surface area contributed by atoms with Crippen LogP contribution in [0.3, 0.4) is 0 Å². The number of nitrogens with one attached hydrogen (secondary N) is 1. The van der Waals surface area contributed by atoms with Crippen LogP contribution in [0, 0.1) is 0 Å². The Hall–Kier alpha value is -0.480. The van der Waals surface area contributed by atoms with Gasteiger partial charge in [0, 0.05) is 21.8 Å². The lowest BCUT2D eigenvalue weighted by atomic mass is 10.2. The van der Waals surface area contributed by atoms with Crippen LogP contribution in [0.4, 0.5) is 0 Å². The second-order valence-corrected chi connectivity index (χ2v) is 5.17. The fourth-order valence-electron chi connectivity index (χ4n) is 1.23. The number of carbonyl (C=O) groups excluding carboxylic acids is 1. The first-order valence-electron chi connectivity index (χ1n) is 4.69. The summed E-state index contributed by atoms with van der Waals surface area (Å²) in [6.45, 7) is 2.01. The van der Waals surface area contributed by atoms with Crippen molar-refractivity contribution in [3.8, 4) is 0 Å². The van der Waals surface area contributed by atoms with Gasteiger partial charge in [-0.25, -0.2) is 0 Å². The molecule has 0 aliphatic rings. The zero-order valence-corrected chi connectivity index (χ0v) is 11.2. The van der Waals surface area contributed by atoms with Crippen molar-refractivity contribution >= 4 is 33.6 Å². The summed E-state index contributed by atoms with van der Waals surface area (Å²) >= 11 is 5.07. The Morgan fingerprint density at radius 3 is 2.93 bits per heavy atom. The minimum atomic E-state index is -0.0159. The van der Waals surface area contributed by atoms with Crippen LogP contribution in [0.1, 0.15) is 17.3 Å². The van der Waals surface area contributed by atoms with Crippen LogP contribution in [-0.2, 0) is 0 Å². The predicted molar refractivity (Wildman–Crippen MR) is 69.5 cm³/mol. The zero-order chi connectivity index (χ0) is 11.3. The van der Waals surface area contributed by atoms with Crippen LogP contribution in [0.2, 0.25) is 0 Å². The largest absolute Gasteiger partial charge is 0.349 e. The molecule has 0 bridgehead atoms. The van der Waals surface area contributed by atoms with E-state index in [0.29, 0.717) is 5.56 Å². The fourth-order valence-corrected chi connectivity index (χ4v) is 2.21. The van der Waals surface area contributed by atoms with Crippen LogP contribution in [-0.4, -0.2) is 24.0 Å². The number of halogens is 1. The van der Waals surface area contributed by atoms with Gasteiger partial charge in [-0.05, 0) is 31.4 Å². The van der Waals surface area contributed by atoms with Gasteiger partial charge in [-0.2, -0.15) is 11.8 Å². The monoisotopic (exact) mass is 287 g/mol. The van der Waals surface area contributed by atoms with Crippen molar-refractivity contribution in [1.82, 2.24) is 5.32 Å². The maximum atomic E-state index is 11.7. The number of amides is 1. The van der Waals surface area contributed by atoms with Crippen molar-refractivity contribution in [2.24, 2.45) is 0 Å². The lowest BCUT2D eigenvalue weighted by Gasteiger charge is -2.12. The van der Waals surface area contributed by atoms with Crippen molar-refractivity contribution in [3.05, 3.63) is 34.3 Å². The summed E-state index contributed by atoms with van der Waals surface area (Å²) < 4.78 is 0.924. The van der Waals surface area contributed by atoms with E-state index in [1.807, 2.05) is 37.4 Å². The minimum Gasteiger partial charge on any atom is -0.349 e. The topological polar surface area (TPSA) is 29.1 Å². The highest BCUT2D eigenvalue weighted by Crippen LogP contribution is 2.11. The molecule has 1 rings (SSSR count). The first-order valence-corrected chi connectivity index (χ1v) is 6.87. The number of hydrogen-bond donors (Lipinski definition) is 1. The van der Waals surface area contributed by atoms with E-state index in [1.165, 1.54) is 0 Å². The molecule has 2 nitrogen and oxygen atoms in total. The molecule has 1 aromatic carbocycles. The van der Waals surface area contributed by atoms with Gasteiger partial charge >= 0.3 is 0 Å². The molecule has 0 aliphatic carbocycles. The maximum Gasteiger partial charge on any atom is 0.251 e. The molecule has 1 amide bonds. The Morgan fingerprint density at radius 2 is 2.33 bits per heavy atom. The van der Waals surface area contributed by atoms with Gasteiger partial charge in [-0.15, -0.1) is 0 Å². The molecule has 4 heteroatoms. The molecule has 0 saturated heterocycles. The standard InChI is InChI=1S/C11H14BrNOS/c1-8(7-15-2)13-11(14)9-4-3-5-10(12)6-9/h3-6,8H,7H2,1-2H3,(H,13,14). The molecule has 0 fully saturated rings. The molecule has 0 aliphatic heterocycles. The lowest BCUT2D eigenvalue weighted by Crippen LogP contribution is -2.34. The molecule has 0 spiro atoms.